The smallest absolute Gasteiger partial charge is 0.120 e. The average Bonchev–Trinajstić information content (AvgIpc) is 2.83. The Balaban J connectivity index is 1.98. The van der Waals surface area contributed by atoms with Gasteiger partial charge < -0.3 is 9.30 Å². The van der Waals surface area contributed by atoms with Crippen LogP contribution in [0, 0.1) is 0 Å². The summed E-state index contributed by atoms with van der Waals surface area (Å²) >= 11 is 0. The van der Waals surface area contributed by atoms with E-state index in [0.29, 0.717) is 6.04 Å². The first kappa shape index (κ1) is 11.4. The summed E-state index contributed by atoms with van der Waals surface area (Å²) in [5.41, 5.74) is 1.30. The number of benzene rings is 1. The maximum atomic E-state index is 5.55. The molecule has 1 atom stereocenters. The maximum Gasteiger partial charge on any atom is 0.120 e. The number of hydrogen-bond donors (Lipinski definition) is 0. The van der Waals surface area contributed by atoms with E-state index in [0.717, 1.165) is 12.4 Å². The predicted octanol–water partition coefficient (Wildman–Crippen LogP) is 4.32. The lowest BCUT2D eigenvalue weighted by Crippen LogP contribution is -2.07. The number of hydrogen-bond acceptors (Lipinski definition) is 1. The molecule has 0 saturated heterocycles. The Bertz CT molecular complexity index is 567. The van der Waals surface area contributed by atoms with Crippen molar-refractivity contribution >= 4 is 10.9 Å². The lowest BCUT2D eigenvalue weighted by atomic mass is 10.0. The molecule has 0 N–H and O–H groups in total. The molecule has 1 aromatic heterocycles. The second-order valence-electron chi connectivity index (χ2n) is 4.80. The van der Waals surface area contributed by atoms with E-state index < -0.39 is 0 Å². The highest BCUT2D eigenvalue weighted by atomic mass is 16.5. The molecule has 18 heavy (non-hydrogen) atoms. The van der Waals surface area contributed by atoms with E-state index in [1.54, 1.807) is 0 Å². The Morgan fingerprint density at radius 2 is 2.28 bits per heavy atom. The summed E-state index contributed by atoms with van der Waals surface area (Å²) in [6.07, 6.45) is 10.6. The van der Waals surface area contributed by atoms with E-state index in [2.05, 4.69) is 47.2 Å². The molecule has 0 aliphatic heterocycles. The molecule has 2 aromatic rings. The molecule has 1 aromatic carbocycles. The van der Waals surface area contributed by atoms with Gasteiger partial charge in [-0.1, -0.05) is 12.2 Å². The number of fused-ring (bicyclic) bond motifs is 1. The van der Waals surface area contributed by atoms with Gasteiger partial charge in [-0.25, -0.2) is 0 Å². The zero-order chi connectivity index (χ0) is 12.4. The number of ether oxygens (including phenoxy) is 1. The summed E-state index contributed by atoms with van der Waals surface area (Å²) in [5.74, 6) is 0.960. The van der Waals surface area contributed by atoms with Gasteiger partial charge in [0.25, 0.3) is 0 Å². The molecule has 2 heteroatoms. The van der Waals surface area contributed by atoms with Crippen LogP contribution in [0.15, 0.2) is 42.6 Å². The first-order valence-electron chi connectivity index (χ1n) is 6.78. The fourth-order valence-electron chi connectivity index (χ4n) is 2.71. The van der Waals surface area contributed by atoms with Crippen LogP contribution in [-0.4, -0.2) is 11.2 Å². The van der Waals surface area contributed by atoms with Crippen LogP contribution in [0.3, 0.4) is 0 Å². The van der Waals surface area contributed by atoms with Crippen molar-refractivity contribution in [3.05, 3.63) is 42.6 Å². The van der Waals surface area contributed by atoms with Gasteiger partial charge in [-0.3, -0.25) is 0 Å². The van der Waals surface area contributed by atoms with Crippen molar-refractivity contribution in [2.75, 3.05) is 6.61 Å². The van der Waals surface area contributed by atoms with Gasteiger partial charge in [-0.15, -0.1) is 0 Å². The molecule has 1 aliphatic rings. The van der Waals surface area contributed by atoms with Crippen molar-refractivity contribution in [2.24, 2.45) is 0 Å². The van der Waals surface area contributed by atoms with Crippen LogP contribution < -0.4 is 4.74 Å². The third-order valence-electron chi connectivity index (χ3n) is 3.59. The molecule has 1 aliphatic carbocycles. The van der Waals surface area contributed by atoms with E-state index in [1.165, 1.54) is 30.2 Å². The van der Waals surface area contributed by atoms with E-state index in [4.69, 9.17) is 4.74 Å². The number of rotatable bonds is 3. The number of nitrogens with zero attached hydrogens (tertiary/aromatic N) is 1. The number of aromatic nitrogens is 1. The monoisotopic (exact) mass is 241 g/mol. The first-order chi connectivity index (χ1) is 8.88. The van der Waals surface area contributed by atoms with Gasteiger partial charge in [0.2, 0.25) is 0 Å². The molecule has 0 amide bonds. The Labute approximate surface area is 108 Å². The molecule has 0 saturated carbocycles. The van der Waals surface area contributed by atoms with Crippen molar-refractivity contribution in [1.82, 2.24) is 4.57 Å². The summed E-state index contributed by atoms with van der Waals surface area (Å²) in [7, 11) is 0. The van der Waals surface area contributed by atoms with Crippen LogP contribution in [0.2, 0.25) is 0 Å². The molecular weight excluding hydrogens is 222 g/mol. The zero-order valence-electron chi connectivity index (χ0n) is 10.8. The number of allylic oxidation sites excluding steroid dienone is 2. The Morgan fingerprint density at radius 3 is 3.06 bits per heavy atom. The maximum absolute atomic E-state index is 5.55. The van der Waals surface area contributed by atoms with Crippen LogP contribution in [0.4, 0.5) is 0 Å². The Morgan fingerprint density at radius 1 is 1.33 bits per heavy atom. The van der Waals surface area contributed by atoms with Crippen LogP contribution in [0.5, 0.6) is 5.75 Å². The van der Waals surface area contributed by atoms with Gasteiger partial charge in [-0.2, -0.15) is 0 Å². The SMILES string of the molecule is CCOc1ccc2c(ccn2C2C=CCCC2)c1. The van der Waals surface area contributed by atoms with Crippen molar-refractivity contribution in [3.63, 3.8) is 0 Å². The van der Waals surface area contributed by atoms with Crippen LogP contribution in [-0.2, 0) is 0 Å². The molecule has 1 heterocycles. The Hall–Kier alpha value is -1.70. The first-order valence-corrected chi connectivity index (χ1v) is 6.78. The standard InChI is InChI=1S/C16H19NO/c1-2-18-15-8-9-16-13(12-15)10-11-17(16)14-6-4-3-5-7-14/h4,6,8-12,14H,2-3,5,7H2,1H3. The summed E-state index contributed by atoms with van der Waals surface area (Å²) in [6, 6.07) is 9.06. The highest BCUT2D eigenvalue weighted by Crippen LogP contribution is 2.29. The third-order valence-corrected chi connectivity index (χ3v) is 3.59. The average molecular weight is 241 g/mol. The molecular formula is C16H19NO. The van der Waals surface area contributed by atoms with Gasteiger partial charge in [0.05, 0.1) is 12.6 Å². The lowest BCUT2D eigenvalue weighted by molar-refractivity contribution is 0.340. The summed E-state index contributed by atoms with van der Waals surface area (Å²) in [6.45, 7) is 2.74. The van der Waals surface area contributed by atoms with Crippen molar-refractivity contribution in [1.29, 1.82) is 0 Å². The van der Waals surface area contributed by atoms with Gasteiger partial charge in [0.1, 0.15) is 5.75 Å². The predicted molar refractivity (Wildman–Crippen MR) is 75.1 cm³/mol. The van der Waals surface area contributed by atoms with E-state index in [9.17, 15) is 0 Å². The van der Waals surface area contributed by atoms with Crippen LogP contribution >= 0.6 is 0 Å². The molecule has 0 fully saturated rings. The van der Waals surface area contributed by atoms with Gasteiger partial charge >= 0.3 is 0 Å². The molecule has 94 valence electrons. The molecule has 0 bridgehead atoms. The lowest BCUT2D eigenvalue weighted by Gasteiger charge is -2.19. The minimum absolute atomic E-state index is 0.522. The van der Waals surface area contributed by atoms with Crippen molar-refractivity contribution < 1.29 is 4.74 Å². The van der Waals surface area contributed by atoms with Gasteiger partial charge in [0, 0.05) is 17.1 Å². The second-order valence-corrected chi connectivity index (χ2v) is 4.80. The fraction of sp³-hybridized carbons (Fsp3) is 0.375. The molecule has 3 rings (SSSR count). The van der Waals surface area contributed by atoms with Crippen molar-refractivity contribution in [2.45, 2.75) is 32.2 Å². The topological polar surface area (TPSA) is 14.2 Å². The molecule has 1 unspecified atom stereocenters. The third kappa shape index (κ3) is 2.03. The highest BCUT2D eigenvalue weighted by molar-refractivity contribution is 5.82. The quantitative estimate of drug-likeness (QED) is 0.730. The van der Waals surface area contributed by atoms with Crippen LogP contribution in [0.25, 0.3) is 10.9 Å². The normalized spacial score (nSPS) is 19.3. The minimum Gasteiger partial charge on any atom is -0.494 e. The zero-order valence-corrected chi connectivity index (χ0v) is 10.8. The summed E-state index contributed by atoms with van der Waals surface area (Å²) in [4.78, 5) is 0. The second kappa shape index (κ2) is 4.89. The van der Waals surface area contributed by atoms with Crippen molar-refractivity contribution in [3.8, 4) is 5.75 Å². The van der Waals surface area contributed by atoms with E-state index >= 15 is 0 Å². The Kier molecular flexibility index (Phi) is 3.09. The molecule has 0 radical (unpaired) electrons. The summed E-state index contributed by atoms with van der Waals surface area (Å²) < 4.78 is 7.92. The van der Waals surface area contributed by atoms with Gasteiger partial charge in [0.15, 0.2) is 0 Å². The van der Waals surface area contributed by atoms with Crippen LogP contribution in [0.1, 0.15) is 32.2 Å². The minimum atomic E-state index is 0.522. The fourth-order valence-corrected chi connectivity index (χ4v) is 2.71. The molecule has 0 spiro atoms. The van der Waals surface area contributed by atoms with E-state index in [1.807, 2.05) is 6.92 Å². The summed E-state index contributed by atoms with van der Waals surface area (Å²) in [5, 5.41) is 1.26. The highest BCUT2D eigenvalue weighted by Gasteiger charge is 2.12. The van der Waals surface area contributed by atoms with E-state index in [-0.39, 0.29) is 0 Å². The molecule has 2 nitrogen and oxygen atoms in total. The van der Waals surface area contributed by atoms with Gasteiger partial charge in [-0.05, 0) is 50.5 Å². The largest absolute Gasteiger partial charge is 0.494 e.